The van der Waals surface area contributed by atoms with Gasteiger partial charge in [-0.1, -0.05) is 20.8 Å². The zero-order valence-corrected chi connectivity index (χ0v) is 14.5. The third-order valence-corrected chi connectivity index (χ3v) is 6.31. The summed E-state index contributed by atoms with van der Waals surface area (Å²) in [4.78, 5) is 1.43. The standard InChI is InChI=1S/C14H26N2O2S2/c1-5-8-15-10-12-9-13(11-19-12)20(17,18)16-14(4,6-2)7-3/h9,11,15-16H,5-8,10H2,1-4H3. The summed E-state index contributed by atoms with van der Waals surface area (Å²) in [6.45, 7) is 9.73. The zero-order valence-electron chi connectivity index (χ0n) is 12.8. The van der Waals surface area contributed by atoms with E-state index in [1.165, 1.54) is 11.3 Å². The highest BCUT2D eigenvalue weighted by atomic mass is 32.2. The molecule has 0 amide bonds. The Hall–Kier alpha value is -0.430. The Balaban J connectivity index is 2.78. The molecule has 1 aromatic rings. The van der Waals surface area contributed by atoms with Crippen molar-refractivity contribution >= 4 is 21.4 Å². The van der Waals surface area contributed by atoms with E-state index in [2.05, 4.69) is 17.0 Å². The molecule has 0 unspecified atom stereocenters. The number of thiophene rings is 1. The molecule has 0 spiro atoms. The van der Waals surface area contributed by atoms with Crippen LogP contribution in [-0.4, -0.2) is 20.5 Å². The second kappa shape index (κ2) is 7.54. The maximum Gasteiger partial charge on any atom is 0.241 e. The summed E-state index contributed by atoms with van der Waals surface area (Å²) in [5, 5.41) is 5.00. The predicted molar refractivity (Wildman–Crippen MR) is 85.6 cm³/mol. The van der Waals surface area contributed by atoms with Gasteiger partial charge in [0.15, 0.2) is 0 Å². The van der Waals surface area contributed by atoms with Crippen LogP contribution in [0.2, 0.25) is 0 Å². The number of hydrogen-bond acceptors (Lipinski definition) is 4. The Morgan fingerprint density at radius 2 is 1.90 bits per heavy atom. The summed E-state index contributed by atoms with van der Waals surface area (Å²) in [6.07, 6.45) is 2.62. The molecule has 0 saturated heterocycles. The molecule has 1 aromatic heterocycles. The molecule has 0 aromatic carbocycles. The van der Waals surface area contributed by atoms with Gasteiger partial charge in [0.1, 0.15) is 0 Å². The highest BCUT2D eigenvalue weighted by molar-refractivity contribution is 7.89. The van der Waals surface area contributed by atoms with Gasteiger partial charge in [-0.25, -0.2) is 13.1 Å². The smallest absolute Gasteiger partial charge is 0.241 e. The van der Waals surface area contributed by atoms with E-state index in [1.807, 2.05) is 20.8 Å². The topological polar surface area (TPSA) is 58.2 Å². The van der Waals surface area contributed by atoms with E-state index in [0.717, 1.165) is 37.2 Å². The second-order valence-corrected chi connectivity index (χ2v) is 7.98. The quantitative estimate of drug-likeness (QED) is 0.688. The maximum atomic E-state index is 12.4. The van der Waals surface area contributed by atoms with Crippen LogP contribution in [0.25, 0.3) is 0 Å². The lowest BCUT2D eigenvalue weighted by atomic mass is 9.98. The van der Waals surface area contributed by atoms with Gasteiger partial charge in [-0.3, -0.25) is 0 Å². The predicted octanol–water partition coefficient (Wildman–Crippen LogP) is 3.10. The molecule has 0 bridgehead atoms. The third-order valence-electron chi connectivity index (χ3n) is 3.61. The van der Waals surface area contributed by atoms with Crippen LogP contribution in [0.3, 0.4) is 0 Å². The van der Waals surface area contributed by atoms with E-state index >= 15 is 0 Å². The summed E-state index contributed by atoms with van der Waals surface area (Å²) < 4.78 is 27.6. The molecule has 0 radical (unpaired) electrons. The fourth-order valence-electron chi connectivity index (χ4n) is 1.76. The van der Waals surface area contributed by atoms with Crippen molar-refractivity contribution in [3.8, 4) is 0 Å². The van der Waals surface area contributed by atoms with Gasteiger partial charge in [0.05, 0.1) is 4.90 Å². The van der Waals surface area contributed by atoms with Crippen LogP contribution in [0.15, 0.2) is 16.3 Å². The fourth-order valence-corrected chi connectivity index (χ4v) is 4.55. The Kier molecular flexibility index (Phi) is 6.64. The molecule has 0 fully saturated rings. The third kappa shape index (κ3) is 4.84. The van der Waals surface area contributed by atoms with Crippen molar-refractivity contribution in [1.29, 1.82) is 0 Å². The molecule has 0 aliphatic carbocycles. The van der Waals surface area contributed by atoms with Crippen LogP contribution >= 0.6 is 11.3 Å². The average molecular weight is 319 g/mol. The average Bonchev–Trinajstić information content (AvgIpc) is 2.88. The first-order valence-corrected chi connectivity index (χ1v) is 9.55. The van der Waals surface area contributed by atoms with Gasteiger partial charge >= 0.3 is 0 Å². The Bertz CT molecular complexity index is 505. The number of nitrogens with one attached hydrogen (secondary N) is 2. The summed E-state index contributed by atoms with van der Waals surface area (Å²) >= 11 is 1.49. The lowest BCUT2D eigenvalue weighted by Crippen LogP contribution is -2.44. The van der Waals surface area contributed by atoms with Crippen LogP contribution in [0, 0.1) is 0 Å². The molecule has 1 heterocycles. The van der Waals surface area contributed by atoms with Crippen molar-refractivity contribution in [2.75, 3.05) is 6.54 Å². The van der Waals surface area contributed by atoms with Gasteiger partial charge in [0.25, 0.3) is 0 Å². The molecular formula is C14H26N2O2S2. The summed E-state index contributed by atoms with van der Waals surface area (Å²) in [5.74, 6) is 0. The van der Waals surface area contributed by atoms with Crippen molar-refractivity contribution in [2.24, 2.45) is 0 Å². The molecule has 0 saturated carbocycles. The molecule has 20 heavy (non-hydrogen) atoms. The number of hydrogen-bond donors (Lipinski definition) is 2. The Labute approximate surface area is 127 Å². The SMILES string of the molecule is CCCNCc1cc(S(=O)(=O)NC(C)(CC)CC)cs1. The molecule has 116 valence electrons. The molecule has 0 aliphatic rings. The minimum absolute atomic E-state index is 0.374. The fraction of sp³-hybridized carbons (Fsp3) is 0.714. The van der Waals surface area contributed by atoms with Crippen molar-refractivity contribution in [3.05, 3.63) is 16.3 Å². The second-order valence-electron chi connectivity index (χ2n) is 5.30. The number of rotatable bonds is 9. The molecule has 1 rings (SSSR count). The molecule has 6 heteroatoms. The normalized spacial score (nSPS) is 12.8. The molecule has 0 atom stereocenters. The summed E-state index contributed by atoms with van der Waals surface area (Å²) in [6, 6.07) is 1.77. The largest absolute Gasteiger partial charge is 0.312 e. The summed E-state index contributed by atoms with van der Waals surface area (Å²) in [7, 11) is -3.42. The lowest BCUT2D eigenvalue weighted by Gasteiger charge is -2.27. The Morgan fingerprint density at radius 3 is 2.45 bits per heavy atom. The van der Waals surface area contributed by atoms with E-state index in [-0.39, 0.29) is 5.54 Å². The van der Waals surface area contributed by atoms with E-state index in [9.17, 15) is 8.42 Å². The summed E-state index contributed by atoms with van der Waals surface area (Å²) in [5.41, 5.74) is -0.374. The minimum Gasteiger partial charge on any atom is -0.312 e. The van der Waals surface area contributed by atoms with Crippen LogP contribution in [0.5, 0.6) is 0 Å². The lowest BCUT2D eigenvalue weighted by molar-refractivity contribution is 0.389. The first kappa shape index (κ1) is 17.6. The highest BCUT2D eigenvalue weighted by Gasteiger charge is 2.27. The van der Waals surface area contributed by atoms with Crippen molar-refractivity contribution in [1.82, 2.24) is 10.0 Å². The minimum atomic E-state index is -3.42. The van der Waals surface area contributed by atoms with Crippen LogP contribution in [0.1, 0.15) is 51.8 Å². The van der Waals surface area contributed by atoms with Gasteiger partial charge in [0.2, 0.25) is 10.0 Å². The molecular weight excluding hydrogens is 292 g/mol. The van der Waals surface area contributed by atoms with Crippen molar-refractivity contribution in [2.45, 2.75) is 63.9 Å². The van der Waals surface area contributed by atoms with Gasteiger partial charge < -0.3 is 5.32 Å². The maximum absolute atomic E-state index is 12.4. The zero-order chi connectivity index (χ0) is 15.2. The van der Waals surface area contributed by atoms with Crippen LogP contribution < -0.4 is 10.0 Å². The van der Waals surface area contributed by atoms with Gasteiger partial charge in [0, 0.05) is 22.3 Å². The molecule has 0 aliphatic heterocycles. The van der Waals surface area contributed by atoms with E-state index in [1.54, 1.807) is 11.4 Å². The molecule has 4 nitrogen and oxygen atoms in total. The van der Waals surface area contributed by atoms with Crippen LogP contribution in [-0.2, 0) is 16.6 Å². The van der Waals surface area contributed by atoms with Gasteiger partial charge in [-0.15, -0.1) is 11.3 Å². The van der Waals surface area contributed by atoms with E-state index in [4.69, 9.17) is 0 Å². The first-order valence-electron chi connectivity index (χ1n) is 7.19. The van der Waals surface area contributed by atoms with Crippen LogP contribution in [0.4, 0.5) is 0 Å². The Morgan fingerprint density at radius 1 is 1.25 bits per heavy atom. The van der Waals surface area contributed by atoms with Crippen molar-refractivity contribution < 1.29 is 8.42 Å². The number of sulfonamides is 1. The monoisotopic (exact) mass is 318 g/mol. The van der Waals surface area contributed by atoms with Crippen molar-refractivity contribution in [3.63, 3.8) is 0 Å². The molecule has 2 N–H and O–H groups in total. The van der Waals surface area contributed by atoms with Gasteiger partial charge in [-0.2, -0.15) is 0 Å². The first-order chi connectivity index (χ1) is 9.37. The highest BCUT2D eigenvalue weighted by Crippen LogP contribution is 2.23. The van der Waals surface area contributed by atoms with Gasteiger partial charge in [-0.05, 0) is 38.8 Å². The van der Waals surface area contributed by atoms with E-state index in [0.29, 0.717) is 4.90 Å². The van der Waals surface area contributed by atoms with E-state index < -0.39 is 10.0 Å².